The Morgan fingerprint density at radius 1 is 0.964 bits per heavy atom. The van der Waals surface area contributed by atoms with Crippen LogP contribution in [-0.4, -0.2) is 31.2 Å². The van der Waals surface area contributed by atoms with Crippen molar-refractivity contribution in [2.45, 2.75) is 13.2 Å². The van der Waals surface area contributed by atoms with Crippen molar-refractivity contribution in [1.82, 2.24) is 4.98 Å². The van der Waals surface area contributed by atoms with E-state index in [4.69, 9.17) is 4.74 Å². The van der Waals surface area contributed by atoms with Crippen molar-refractivity contribution in [2.24, 2.45) is 0 Å². The third-order valence-corrected chi connectivity index (χ3v) is 5.74. The summed E-state index contributed by atoms with van der Waals surface area (Å²) in [5, 5.41) is 3.01. The molecule has 0 amide bonds. The fourth-order valence-corrected chi connectivity index (χ4v) is 4.04. The van der Waals surface area contributed by atoms with Gasteiger partial charge in [0.2, 0.25) is 0 Å². The van der Waals surface area contributed by atoms with Crippen molar-refractivity contribution in [2.75, 3.05) is 31.1 Å². The zero-order valence-electron chi connectivity index (χ0n) is 15.4. The van der Waals surface area contributed by atoms with Gasteiger partial charge in [-0.1, -0.05) is 0 Å². The predicted molar refractivity (Wildman–Crippen MR) is 106 cm³/mol. The van der Waals surface area contributed by atoms with Gasteiger partial charge in [-0.2, -0.15) is 0 Å². The summed E-state index contributed by atoms with van der Waals surface area (Å²) >= 11 is 1.59. The molecule has 146 valence electrons. The van der Waals surface area contributed by atoms with Crippen LogP contribution in [0.25, 0.3) is 0 Å². The molecule has 0 bridgehead atoms. The van der Waals surface area contributed by atoms with Gasteiger partial charge in [0.05, 0.1) is 26.2 Å². The van der Waals surface area contributed by atoms with E-state index < -0.39 is 0 Å². The van der Waals surface area contributed by atoms with Crippen molar-refractivity contribution >= 4 is 17.0 Å². The van der Waals surface area contributed by atoms with Gasteiger partial charge in [-0.15, -0.1) is 11.3 Å². The average molecular weight is 402 g/mol. The van der Waals surface area contributed by atoms with Crippen molar-refractivity contribution in [3.63, 3.8) is 0 Å². The number of thiazole rings is 1. The molecule has 1 saturated heterocycles. The molecule has 4 nitrogen and oxygen atoms in total. The molecule has 0 spiro atoms. The number of hydrogen-bond donors (Lipinski definition) is 1. The summed E-state index contributed by atoms with van der Waals surface area (Å²) in [5.41, 5.74) is 2.15. The molecular formula is C21H22F2N3OS+. The highest BCUT2D eigenvalue weighted by atomic mass is 32.1. The number of rotatable bonds is 6. The van der Waals surface area contributed by atoms with Gasteiger partial charge in [0.25, 0.3) is 0 Å². The summed E-state index contributed by atoms with van der Waals surface area (Å²) in [7, 11) is 0. The summed E-state index contributed by atoms with van der Waals surface area (Å²) in [6.07, 6.45) is 0. The van der Waals surface area contributed by atoms with E-state index in [2.05, 4.69) is 15.3 Å². The lowest BCUT2D eigenvalue weighted by Crippen LogP contribution is -3.13. The van der Waals surface area contributed by atoms with Crippen LogP contribution in [0.5, 0.6) is 5.75 Å². The molecule has 0 unspecified atom stereocenters. The van der Waals surface area contributed by atoms with Crippen LogP contribution in [0.4, 0.5) is 14.5 Å². The van der Waals surface area contributed by atoms with E-state index in [1.807, 2.05) is 12.1 Å². The highest BCUT2D eigenvalue weighted by molar-refractivity contribution is 7.09. The van der Waals surface area contributed by atoms with Gasteiger partial charge >= 0.3 is 0 Å². The second-order valence-electron chi connectivity index (χ2n) is 6.87. The quantitative estimate of drug-likeness (QED) is 0.688. The maximum absolute atomic E-state index is 13.1. The summed E-state index contributed by atoms with van der Waals surface area (Å²) in [6, 6.07) is 12.7. The minimum Gasteiger partial charge on any atom is -0.486 e. The number of nitrogens with one attached hydrogen (secondary N) is 1. The third-order valence-electron chi connectivity index (χ3n) is 4.87. The number of nitrogens with zero attached hydrogens (tertiary/aromatic N) is 2. The zero-order chi connectivity index (χ0) is 19.3. The summed E-state index contributed by atoms with van der Waals surface area (Å²) < 4.78 is 31.7. The van der Waals surface area contributed by atoms with Crippen LogP contribution in [0.2, 0.25) is 0 Å². The van der Waals surface area contributed by atoms with E-state index in [1.165, 1.54) is 29.2 Å². The molecule has 2 aromatic carbocycles. The normalized spacial score (nSPS) is 15.0. The lowest BCUT2D eigenvalue weighted by atomic mass is 10.2. The molecule has 1 aromatic heterocycles. The number of anilines is 1. The van der Waals surface area contributed by atoms with E-state index in [0.29, 0.717) is 12.4 Å². The third kappa shape index (κ3) is 4.85. The first-order chi connectivity index (χ1) is 13.7. The number of hydrogen-bond acceptors (Lipinski definition) is 4. The summed E-state index contributed by atoms with van der Waals surface area (Å²) in [4.78, 5) is 8.46. The van der Waals surface area contributed by atoms with E-state index in [9.17, 15) is 8.78 Å². The zero-order valence-corrected chi connectivity index (χ0v) is 16.2. The highest BCUT2D eigenvalue weighted by Gasteiger charge is 2.21. The van der Waals surface area contributed by atoms with Gasteiger partial charge in [0, 0.05) is 11.1 Å². The Hall–Kier alpha value is -2.51. The van der Waals surface area contributed by atoms with Gasteiger partial charge < -0.3 is 14.5 Å². The van der Waals surface area contributed by atoms with Gasteiger partial charge in [-0.05, 0) is 48.5 Å². The molecule has 1 N–H and O–H groups in total. The Kier molecular flexibility index (Phi) is 5.83. The highest BCUT2D eigenvalue weighted by Crippen LogP contribution is 2.16. The van der Waals surface area contributed by atoms with Crippen LogP contribution < -0.4 is 14.5 Å². The van der Waals surface area contributed by atoms with Gasteiger partial charge in [-0.3, -0.25) is 0 Å². The molecule has 0 saturated carbocycles. The summed E-state index contributed by atoms with van der Waals surface area (Å²) in [5.74, 6) is 0.169. The fourth-order valence-electron chi connectivity index (χ4n) is 3.34. The van der Waals surface area contributed by atoms with Crippen LogP contribution in [-0.2, 0) is 13.2 Å². The average Bonchev–Trinajstić information content (AvgIpc) is 3.16. The molecule has 1 aliphatic heterocycles. The second-order valence-corrected chi connectivity index (χ2v) is 7.81. The number of halogens is 2. The van der Waals surface area contributed by atoms with Gasteiger partial charge in [0.1, 0.15) is 41.2 Å². The van der Waals surface area contributed by atoms with Crippen LogP contribution in [0.15, 0.2) is 53.9 Å². The van der Waals surface area contributed by atoms with E-state index >= 15 is 0 Å². The number of quaternary nitrogens is 1. The molecule has 0 aliphatic carbocycles. The van der Waals surface area contributed by atoms with Crippen molar-refractivity contribution in [3.05, 3.63) is 76.2 Å². The van der Waals surface area contributed by atoms with Crippen molar-refractivity contribution in [1.29, 1.82) is 0 Å². The van der Waals surface area contributed by atoms with Crippen molar-refractivity contribution in [3.8, 4) is 5.75 Å². The maximum Gasteiger partial charge on any atom is 0.140 e. The topological polar surface area (TPSA) is 29.8 Å². The lowest BCUT2D eigenvalue weighted by molar-refractivity contribution is -0.914. The SMILES string of the molecule is Fc1ccc(OCc2nc(C[NH+]3CCN(c4ccc(F)cc4)CC3)cs2)cc1. The standard InChI is InChI=1S/C21H21F2N3OS/c22-16-1-5-19(6-2-16)26-11-9-25(10-12-26)13-18-15-28-21(24-18)14-27-20-7-3-17(23)4-8-20/h1-8,15H,9-14H2/p+1. The Labute approximate surface area is 167 Å². The minimum atomic E-state index is -0.272. The summed E-state index contributed by atoms with van der Waals surface area (Å²) in [6.45, 7) is 5.23. The monoisotopic (exact) mass is 402 g/mol. The number of aromatic nitrogens is 1. The largest absolute Gasteiger partial charge is 0.486 e. The molecule has 28 heavy (non-hydrogen) atoms. The minimum absolute atomic E-state index is 0.198. The first-order valence-electron chi connectivity index (χ1n) is 9.31. The van der Waals surface area contributed by atoms with E-state index in [0.717, 1.165) is 49.1 Å². The van der Waals surface area contributed by atoms with Crippen LogP contribution in [0.1, 0.15) is 10.7 Å². The molecule has 1 aliphatic rings. The molecule has 1 fully saturated rings. The second kappa shape index (κ2) is 8.67. The molecule has 0 atom stereocenters. The molecular weight excluding hydrogens is 380 g/mol. The van der Waals surface area contributed by atoms with Gasteiger partial charge in [-0.25, -0.2) is 13.8 Å². The Bertz CT molecular complexity index is 891. The first-order valence-corrected chi connectivity index (χ1v) is 10.2. The Morgan fingerprint density at radius 3 is 2.29 bits per heavy atom. The molecule has 3 aromatic rings. The number of ether oxygens (including phenoxy) is 1. The smallest absolute Gasteiger partial charge is 0.140 e. The fraction of sp³-hybridized carbons (Fsp3) is 0.286. The predicted octanol–water partition coefficient (Wildman–Crippen LogP) is 2.91. The van der Waals surface area contributed by atoms with E-state index in [1.54, 1.807) is 23.5 Å². The number of piperazine rings is 1. The van der Waals surface area contributed by atoms with Crippen LogP contribution >= 0.6 is 11.3 Å². The molecule has 4 rings (SSSR count). The molecule has 7 heteroatoms. The lowest BCUT2D eigenvalue weighted by Gasteiger charge is -2.33. The van der Waals surface area contributed by atoms with Crippen LogP contribution in [0.3, 0.4) is 0 Å². The first kappa shape index (κ1) is 18.8. The van der Waals surface area contributed by atoms with E-state index in [-0.39, 0.29) is 11.6 Å². The molecule has 0 radical (unpaired) electrons. The molecule has 2 heterocycles. The Morgan fingerprint density at radius 2 is 1.61 bits per heavy atom. The van der Waals surface area contributed by atoms with Crippen LogP contribution in [0, 0.1) is 11.6 Å². The Balaban J connectivity index is 1.25. The van der Waals surface area contributed by atoms with Gasteiger partial charge in [0.15, 0.2) is 0 Å². The number of benzene rings is 2. The van der Waals surface area contributed by atoms with Crippen molar-refractivity contribution < 1.29 is 18.4 Å². The maximum atomic E-state index is 13.1.